The van der Waals surface area contributed by atoms with Crippen molar-refractivity contribution in [2.75, 3.05) is 6.61 Å². The summed E-state index contributed by atoms with van der Waals surface area (Å²) in [6, 6.07) is 0. The topological polar surface area (TPSA) is 149 Å². The zero-order valence-corrected chi connectivity index (χ0v) is 20.0. The van der Waals surface area contributed by atoms with Crippen LogP contribution in [0.5, 0.6) is 0 Å². The molecule has 0 aromatic carbocycles. The molecular formula is C21H39O10P. The van der Waals surface area contributed by atoms with Gasteiger partial charge in [0, 0.05) is 12.8 Å². The van der Waals surface area contributed by atoms with Crippen LogP contribution in [0.3, 0.4) is 0 Å². The number of unbranched alkanes of at least 4 members (excludes halogenated alkanes) is 8. The fourth-order valence-electron chi connectivity index (χ4n) is 3.45. The summed E-state index contributed by atoms with van der Waals surface area (Å²) in [5.41, 5.74) is 0. The normalized spacial score (nSPS) is 23.3. The van der Waals surface area contributed by atoms with Crippen molar-refractivity contribution in [3.8, 4) is 0 Å². The number of hydrogen-bond donors (Lipinski definition) is 3. The third-order valence-electron chi connectivity index (χ3n) is 5.20. The van der Waals surface area contributed by atoms with E-state index in [0.29, 0.717) is 12.8 Å². The van der Waals surface area contributed by atoms with Gasteiger partial charge in [0.15, 0.2) is 18.5 Å². The second-order valence-electron chi connectivity index (χ2n) is 8.09. The lowest BCUT2D eigenvalue weighted by Gasteiger charge is -2.23. The van der Waals surface area contributed by atoms with Crippen molar-refractivity contribution in [3.05, 3.63) is 0 Å². The molecule has 188 valence electrons. The minimum atomic E-state index is -4.81. The maximum atomic E-state index is 12.3. The third kappa shape index (κ3) is 12.3. The summed E-state index contributed by atoms with van der Waals surface area (Å²) in [6.07, 6.45) is 4.31. The van der Waals surface area contributed by atoms with Crippen molar-refractivity contribution >= 4 is 19.8 Å². The Labute approximate surface area is 190 Å². The molecule has 4 atom stereocenters. The number of rotatable bonds is 17. The van der Waals surface area contributed by atoms with Gasteiger partial charge in [-0.2, -0.15) is 0 Å². The first kappa shape index (κ1) is 29.0. The molecule has 1 rings (SSSR count). The molecule has 0 radical (unpaired) electrons. The van der Waals surface area contributed by atoms with Crippen LogP contribution in [0.15, 0.2) is 0 Å². The van der Waals surface area contributed by atoms with Crippen molar-refractivity contribution in [1.82, 2.24) is 0 Å². The Kier molecular flexibility index (Phi) is 14.3. The summed E-state index contributed by atoms with van der Waals surface area (Å²) in [5.74, 6) is -1.13. The Balaban J connectivity index is 2.66. The highest BCUT2D eigenvalue weighted by Crippen LogP contribution is 2.38. The summed E-state index contributed by atoms with van der Waals surface area (Å²) >= 11 is 0. The molecule has 0 spiro atoms. The molecule has 1 fully saturated rings. The lowest BCUT2D eigenvalue weighted by atomic mass is 10.1. The molecule has 4 unspecified atom stereocenters. The number of hydrogen-bond acceptors (Lipinski definition) is 8. The van der Waals surface area contributed by atoms with Gasteiger partial charge in [0.05, 0.1) is 6.61 Å². The van der Waals surface area contributed by atoms with E-state index in [1.807, 2.05) is 0 Å². The highest BCUT2D eigenvalue weighted by molar-refractivity contribution is 7.46. The smallest absolute Gasteiger partial charge is 0.455 e. The van der Waals surface area contributed by atoms with Gasteiger partial charge >= 0.3 is 19.8 Å². The largest absolute Gasteiger partial charge is 0.469 e. The van der Waals surface area contributed by atoms with E-state index in [1.54, 1.807) is 0 Å². The number of phosphoric ester groups is 1. The lowest BCUT2D eigenvalue weighted by molar-refractivity contribution is -0.177. The summed E-state index contributed by atoms with van der Waals surface area (Å²) < 4.78 is 31.5. The van der Waals surface area contributed by atoms with Gasteiger partial charge in [0.25, 0.3) is 0 Å². The molecule has 0 saturated carbocycles. The van der Waals surface area contributed by atoms with Gasteiger partial charge in [-0.15, -0.1) is 0 Å². The van der Waals surface area contributed by atoms with Gasteiger partial charge < -0.3 is 29.1 Å². The van der Waals surface area contributed by atoms with Gasteiger partial charge in [-0.1, -0.05) is 65.2 Å². The molecule has 0 amide bonds. The third-order valence-corrected chi connectivity index (χ3v) is 5.68. The molecule has 0 aliphatic carbocycles. The number of ether oxygens (including phenoxy) is 3. The molecule has 32 heavy (non-hydrogen) atoms. The maximum Gasteiger partial charge on any atom is 0.469 e. The number of aliphatic hydroxyl groups excluding tert-OH is 1. The van der Waals surface area contributed by atoms with Gasteiger partial charge in [-0.3, -0.25) is 14.1 Å². The number of phosphoric acid groups is 1. The van der Waals surface area contributed by atoms with Crippen molar-refractivity contribution < 1.29 is 47.8 Å². The van der Waals surface area contributed by atoms with Crippen LogP contribution in [0.2, 0.25) is 0 Å². The van der Waals surface area contributed by atoms with Crippen molar-refractivity contribution in [2.24, 2.45) is 0 Å². The Morgan fingerprint density at radius 2 is 1.28 bits per heavy atom. The molecule has 10 nitrogen and oxygen atoms in total. The molecule has 1 aliphatic rings. The van der Waals surface area contributed by atoms with Crippen LogP contribution >= 0.6 is 7.82 Å². The van der Waals surface area contributed by atoms with Crippen LogP contribution in [-0.2, 0) is 32.9 Å². The van der Waals surface area contributed by atoms with E-state index in [2.05, 4.69) is 18.4 Å². The van der Waals surface area contributed by atoms with Gasteiger partial charge in [0.2, 0.25) is 0 Å². The average molecular weight is 483 g/mol. The summed E-state index contributed by atoms with van der Waals surface area (Å²) in [5, 5.41) is 10.2. The molecule has 1 saturated heterocycles. The van der Waals surface area contributed by atoms with E-state index in [-0.39, 0.29) is 12.8 Å². The quantitative estimate of drug-likeness (QED) is 0.160. The van der Waals surface area contributed by atoms with Crippen LogP contribution in [-0.4, -0.2) is 58.0 Å². The summed E-state index contributed by atoms with van der Waals surface area (Å²) in [6.45, 7) is 3.54. The van der Waals surface area contributed by atoms with Crippen LogP contribution in [0, 0.1) is 0 Å². The molecule has 0 aromatic rings. The van der Waals surface area contributed by atoms with E-state index in [0.717, 1.165) is 51.4 Å². The zero-order chi connectivity index (χ0) is 24.0. The molecule has 0 bridgehead atoms. The van der Waals surface area contributed by atoms with E-state index in [1.165, 1.54) is 0 Å². The second kappa shape index (κ2) is 15.7. The van der Waals surface area contributed by atoms with Crippen LogP contribution in [0.1, 0.15) is 90.9 Å². The molecule has 1 heterocycles. The number of aliphatic hydroxyl groups is 1. The standard InChI is InChI=1S/C21H39O10P/c1-3-5-7-9-11-13-17(22)30-19-16(15-28-32(25,26)27)29-21(24)20(19)31-18(23)14-12-10-8-6-4-2/h16,19-21,24H,3-15H2,1-2H3,(H2,25,26,27). The van der Waals surface area contributed by atoms with Crippen LogP contribution in [0.4, 0.5) is 0 Å². The van der Waals surface area contributed by atoms with E-state index in [9.17, 15) is 19.3 Å². The molecule has 3 N–H and O–H groups in total. The van der Waals surface area contributed by atoms with Crippen molar-refractivity contribution in [3.63, 3.8) is 0 Å². The number of carbonyl (C=O) groups is 2. The predicted octanol–water partition coefficient (Wildman–Crippen LogP) is 3.36. The highest BCUT2D eigenvalue weighted by Gasteiger charge is 2.49. The number of carbonyl (C=O) groups excluding carboxylic acids is 2. The monoisotopic (exact) mass is 482 g/mol. The zero-order valence-electron chi connectivity index (χ0n) is 19.1. The fraction of sp³-hybridized carbons (Fsp3) is 0.905. The molecule has 1 aliphatic heterocycles. The highest BCUT2D eigenvalue weighted by atomic mass is 31.2. The Morgan fingerprint density at radius 3 is 1.75 bits per heavy atom. The SMILES string of the molecule is CCCCCCCC(=O)OC1C(O)OC(COP(=O)(O)O)C1OC(=O)CCCCCCC. The van der Waals surface area contributed by atoms with E-state index in [4.69, 9.17) is 24.0 Å². The second-order valence-corrected chi connectivity index (χ2v) is 9.33. The van der Waals surface area contributed by atoms with Gasteiger partial charge in [0.1, 0.15) is 6.10 Å². The summed E-state index contributed by atoms with van der Waals surface area (Å²) in [7, 11) is -4.81. The minimum absolute atomic E-state index is 0.139. The molecule has 11 heteroatoms. The van der Waals surface area contributed by atoms with E-state index >= 15 is 0 Å². The lowest BCUT2D eigenvalue weighted by Crippen LogP contribution is -2.41. The first-order valence-electron chi connectivity index (χ1n) is 11.6. The first-order chi connectivity index (χ1) is 15.2. The maximum absolute atomic E-state index is 12.3. The Hall–Kier alpha value is -1.03. The summed E-state index contributed by atoms with van der Waals surface area (Å²) in [4.78, 5) is 42.4. The Morgan fingerprint density at radius 1 is 0.812 bits per heavy atom. The Bertz CT molecular complexity index is 593. The molecular weight excluding hydrogens is 443 g/mol. The number of esters is 2. The first-order valence-corrected chi connectivity index (χ1v) is 13.1. The van der Waals surface area contributed by atoms with Crippen LogP contribution in [0.25, 0.3) is 0 Å². The van der Waals surface area contributed by atoms with Crippen molar-refractivity contribution in [2.45, 2.75) is 115 Å². The predicted molar refractivity (Wildman–Crippen MR) is 115 cm³/mol. The fourth-order valence-corrected chi connectivity index (χ4v) is 3.79. The van der Waals surface area contributed by atoms with Crippen molar-refractivity contribution in [1.29, 1.82) is 0 Å². The van der Waals surface area contributed by atoms with Gasteiger partial charge in [-0.05, 0) is 12.8 Å². The van der Waals surface area contributed by atoms with Crippen LogP contribution < -0.4 is 0 Å². The van der Waals surface area contributed by atoms with Gasteiger partial charge in [-0.25, -0.2) is 4.57 Å². The minimum Gasteiger partial charge on any atom is -0.455 e. The average Bonchev–Trinajstić information content (AvgIpc) is 3.00. The molecule has 0 aromatic heterocycles. The van der Waals surface area contributed by atoms with E-state index < -0.39 is 51.0 Å².